The number of pyridine rings is 1. The Morgan fingerprint density at radius 2 is 2.00 bits per heavy atom. The van der Waals surface area contributed by atoms with Crippen LogP contribution in [0.2, 0.25) is 5.02 Å². The van der Waals surface area contributed by atoms with Crippen LogP contribution in [0.25, 0.3) is 0 Å². The van der Waals surface area contributed by atoms with Gasteiger partial charge in [-0.2, -0.15) is 4.39 Å². The zero-order valence-electron chi connectivity index (χ0n) is 6.92. The van der Waals surface area contributed by atoms with Crippen molar-refractivity contribution >= 4 is 21.6 Å². The Balaban J connectivity index is 3.52. The fraction of sp³-hybridized carbons (Fsp3) is 0.167. The molecule has 0 atom stereocenters. The maximum Gasteiger partial charge on any atom is 0.280 e. The highest BCUT2D eigenvalue weighted by Gasteiger charge is 2.22. The minimum Gasteiger partial charge on any atom is -0.225 e. The van der Waals surface area contributed by atoms with E-state index in [2.05, 4.69) is 10.1 Å². The summed E-state index contributed by atoms with van der Waals surface area (Å²) in [5.41, 5.74) is -1.04. The van der Waals surface area contributed by atoms with E-state index in [1.807, 2.05) is 0 Å². The van der Waals surface area contributed by atoms with Gasteiger partial charge in [0.15, 0.2) is 0 Å². The van der Waals surface area contributed by atoms with Crippen molar-refractivity contribution in [2.75, 3.05) is 0 Å². The van der Waals surface area contributed by atoms with Gasteiger partial charge >= 0.3 is 0 Å². The van der Waals surface area contributed by atoms with E-state index >= 15 is 0 Å². The zero-order chi connectivity index (χ0) is 11.8. The summed E-state index contributed by atoms with van der Waals surface area (Å²) >= 11 is 5.21. The number of hydrogen-bond donors (Lipinski definition) is 1. The molecule has 84 valence electrons. The molecule has 0 aliphatic carbocycles. The molecule has 0 aliphatic rings. The first-order valence-electron chi connectivity index (χ1n) is 3.40. The lowest BCUT2D eigenvalue weighted by atomic mass is 10.3. The predicted molar refractivity (Wildman–Crippen MR) is 45.5 cm³/mol. The van der Waals surface area contributed by atoms with Crippen LogP contribution in [-0.2, 0) is 10.0 Å². The van der Waals surface area contributed by atoms with Gasteiger partial charge in [-0.1, -0.05) is 11.6 Å². The van der Waals surface area contributed by atoms with Crippen LogP contribution in [0.1, 0.15) is 12.1 Å². The van der Waals surface area contributed by atoms with Crippen molar-refractivity contribution in [1.82, 2.24) is 4.98 Å². The highest BCUT2D eigenvalue weighted by molar-refractivity contribution is 7.89. The molecule has 9 heteroatoms. The number of hydrogen-bond acceptors (Lipinski definition) is 3. The lowest BCUT2D eigenvalue weighted by Gasteiger charge is -2.05. The van der Waals surface area contributed by atoms with Crippen molar-refractivity contribution in [2.45, 2.75) is 11.3 Å². The van der Waals surface area contributed by atoms with Gasteiger partial charge in [0.2, 0.25) is 16.0 Å². The SMILES string of the molecule is NS(=O)(=O)c1cc(C(F)F)nc(F)c1Cl. The van der Waals surface area contributed by atoms with Crippen LogP contribution in [-0.4, -0.2) is 13.4 Å². The summed E-state index contributed by atoms with van der Waals surface area (Å²) in [5, 5.41) is 3.74. The van der Waals surface area contributed by atoms with Crippen molar-refractivity contribution in [3.8, 4) is 0 Å². The molecule has 15 heavy (non-hydrogen) atoms. The molecule has 0 amide bonds. The molecule has 4 nitrogen and oxygen atoms in total. The summed E-state index contributed by atoms with van der Waals surface area (Å²) in [5.74, 6) is -1.50. The quantitative estimate of drug-likeness (QED) is 0.818. The van der Waals surface area contributed by atoms with Crippen molar-refractivity contribution in [2.24, 2.45) is 5.14 Å². The lowest BCUT2D eigenvalue weighted by molar-refractivity contribution is 0.144. The van der Waals surface area contributed by atoms with E-state index in [4.69, 9.17) is 11.6 Å². The standard InChI is InChI=1S/C6H4ClF3N2O2S/c7-4-3(15(11,13)14)1-2(5(8)9)12-6(4)10/h1,5H,(H2,11,13,14). The maximum absolute atomic E-state index is 12.8. The Hall–Kier alpha value is -0.860. The molecule has 1 heterocycles. The van der Waals surface area contributed by atoms with Gasteiger partial charge in [-0.25, -0.2) is 27.3 Å². The second-order valence-electron chi connectivity index (χ2n) is 2.50. The van der Waals surface area contributed by atoms with Crippen molar-refractivity contribution in [3.63, 3.8) is 0 Å². The molecule has 0 saturated carbocycles. The highest BCUT2D eigenvalue weighted by atomic mass is 35.5. The van der Waals surface area contributed by atoms with Gasteiger partial charge in [0, 0.05) is 0 Å². The zero-order valence-corrected chi connectivity index (χ0v) is 8.49. The van der Waals surface area contributed by atoms with Crippen molar-refractivity contribution in [3.05, 3.63) is 22.7 Å². The number of nitrogens with zero attached hydrogens (tertiary/aromatic N) is 1. The van der Waals surface area contributed by atoms with Crippen LogP contribution < -0.4 is 5.14 Å². The number of alkyl halides is 2. The van der Waals surface area contributed by atoms with Gasteiger partial charge in [-0.3, -0.25) is 0 Å². The molecule has 1 rings (SSSR count). The van der Waals surface area contributed by atoms with Crippen LogP contribution in [0.5, 0.6) is 0 Å². The first kappa shape index (κ1) is 12.2. The van der Waals surface area contributed by atoms with Crippen molar-refractivity contribution in [1.29, 1.82) is 0 Å². The van der Waals surface area contributed by atoms with Gasteiger partial charge < -0.3 is 0 Å². The number of sulfonamides is 1. The molecular weight excluding hydrogens is 257 g/mol. The summed E-state index contributed by atoms with van der Waals surface area (Å²) < 4.78 is 58.8. The monoisotopic (exact) mass is 260 g/mol. The number of nitrogens with two attached hydrogens (primary N) is 1. The number of halogens is 4. The smallest absolute Gasteiger partial charge is 0.225 e. The summed E-state index contributed by atoms with van der Waals surface area (Å²) in [6.07, 6.45) is -3.11. The molecule has 0 unspecified atom stereocenters. The highest BCUT2D eigenvalue weighted by Crippen LogP contribution is 2.27. The van der Waals surface area contributed by atoms with Gasteiger partial charge in [-0.05, 0) is 6.07 Å². The Bertz CT molecular complexity index is 491. The first-order valence-corrected chi connectivity index (χ1v) is 5.33. The largest absolute Gasteiger partial charge is 0.280 e. The van der Waals surface area contributed by atoms with E-state index in [1.54, 1.807) is 0 Å². The molecule has 0 spiro atoms. The molecule has 0 aromatic carbocycles. The topological polar surface area (TPSA) is 73.1 Å². The van der Waals surface area contributed by atoms with Crippen LogP contribution in [0.15, 0.2) is 11.0 Å². The van der Waals surface area contributed by atoms with Gasteiger partial charge in [-0.15, -0.1) is 0 Å². The summed E-state index contributed by atoms with van der Waals surface area (Å²) in [6.45, 7) is 0. The molecule has 1 aromatic heterocycles. The summed E-state index contributed by atoms with van der Waals surface area (Å²) in [4.78, 5) is 1.87. The second kappa shape index (κ2) is 3.95. The van der Waals surface area contributed by atoms with E-state index in [1.165, 1.54) is 0 Å². The minimum absolute atomic E-state index is 0.436. The minimum atomic E-state index is -4.36. The fourth-order valence-electron chi connectivity index (χ4n) is 0.813. The Morgan fingerprint density at radius 1 is 1.47 bits per heavy atom. The van der Waals surface area contributed by atoms with Gasteiger partial charge in [0.05, 0.1) is 0 Å². The van der Waals surface area contributed by atoms with Crippen molar-refractivity contribution < 1.29 is 21.6 Å². The van der Waals surface area contributed by atoms with E-state index in [9.17, 15) is 21.6 Å². The van der Waals surface area contributed by atoms with E-state index < -0.39 is 38.0 Å². The van der Waals surface area contributed by atoms with E-state index in [-0.39, 0.29) is 0 Å². The van der Waals surface area contributed by atoms with Crippen LogP contribution in [0, 0.1) is 5.95 Å². The molecule has 0 radical (unpaired) electrons. The molecule has 0 fully saturated rings. The Morgan fingerprint density at radius 3 is 2.40 bits per heavy atom. The molecule has 0 bridgehead atoms. The van der Waals surface area contributed by atoms with E-state index in [0.29, 0.717) is 6.07 Å². The average molecular weight is 261 g/mol. The van der Waals surface area contributed by atoms with Crippen LogP contribution >= 0.6 is 11.6 Å². The molecule has 0 aliphatic heterocycles. The van der Waals surface area contributed by atoms with Gasteiger partial charge in [0.25, 0.3) is 6.43 Å². The number of primary sulfonamides is 1. The third kappa shape index (κ3) is 2.58. The number of rotatable bonds is 2. The average Bonchev–Trinajstić information content (AvgIpc) is 2.06. The fourth-order valence-corrected chi connectivity index (χ4v) is 1.85. The third-order valence-electron chi connectivity index (χ3n) is 1.43. The Labute approximate surface area is 87.9 Å². The van der Waals surface area contributed by atoms with Crippen LogP contribution in [0.4, 0.5) is 13.2 Å². The summed E-state index contributed by atoms with van der Waals surface area (Å²) in [7, 11) is -4.36. The summed E-state index contributed by atoms with van der Waals surface area (Å²) in [6, 6.07) is 0.436. The molecular formula is C6H4ClF3N2O2S. The van der Waals surface area contributed by atoms with Gasteiger partial charge in [0.1, 0.15) is 15.6 Å². The number of aromatic nitrogens is 1. The molecule has 1 aromatic rings. The van der Waals surface area contributed by atoms with Crippen LogP contribution in [0.3, 0.4) is 0 Å². The maximum atomic E-state index is 12.8. The first-order chi connectivity index (χ1) is 6.73. The second-order valence-corrected chi connectivity index (χ2v) is 4.40. The molecule has 0 saturated heterocycles. The predicted octanol–water partition coefficient (Wildman–Crippen LogP) is 1.46. The third-order valence-corrected chi connectivity index (χ3v) is 2.84. The van der Waals surface area contributed by atoms with E-state index in [0.717, 1.165) is 0 Å². The lowest BCUT2D eigenvalue weighted by Crippen LogP contribution is -2.14. The molecule has 2 N–H and O–H groups in total. The Kier molecular flexibility index (Phi) is 3.22. The normalized spacial score (nSPS) is 12.1.